The van der Waals surface area contributed by atoms with Gasteiger partial charge in [-0.15, -0.1) is 0 Å². The second kappa shape index (κ2) is 5.83. The van der Waals surface area contributed by atoms with Crippen LogP contribution in [0.15, 0.2) is 36.5 Å². The maximum absolute atomic E-state index is 4.22. The van der Waals surface area contributed by atoms with Crippen molar-refractivity contribution < 1.29 is 0 Å². The van der Waals surface area contributed by atoms with Crippen molar-refractivity contribution in [1.29, 1.82) is 0 Å². The number of nitrogens with one attached hydrogen (secondary N) is 2. The number of aromatic amines is 1. The minimum absolute atomic E-state index is 0.370. The van der Waals surface area contributed by atoms with E-state index in [0.717, 1.165) is 18.1 Å². The largest absolute Gasteiger partial charge is 0.345 e. The summed E-state index contributed by atoms with van der Waals surface area (Å²) in [5.74, 6) is 1.52. The number of rotatable bonds is 5. The summed E-state index contributed by atoms with van der Waals surface area (Å²) in [6.45, 7) is 7.27. The third-order valence-electron chi connectivity index (χ3n) is 3.09. The molecule has 0 bridgehead atoms. The Morgan fingerprint density at radius 1 is 1.22 bits per heavy atom. The highest BCUT2D eigenvalue weighted by Gasteiger charge is 2.14. The number of imidazole rings is 1. The van der Waals surface area contributed by atoms with E-state index in [1.807, 2.05) is 13.1 Å². The van der Waals surface area contributed by atoms with Crippen molar-refractivity contribution in [3.05, 3.63) is 53.6 Å². The van der Waals surface area contributed by atoms with Gasteiger partial charge in [0.15, 0.2) is 0 Å². The van der Waals surface area contributed by atoms with Crippen LogP contribution in [0.25, 0.3) is 0 Å². The Morgan fingerprint density at radius 2 is 1.94 bits per heavy atom. The Morgan fingerprint density at radius 3 is 2.50 bits per heavy atom. The minimum Gasteiger partial charge on any atom is -0.345 e. The fraction of sp³-hybridized carbons (Fsp3) is 0.400. The fourth-order valence-corrected chi connectivity index (χ4v) is 2.18. The van der Waals surface area contributed by atoms with Gasteiger partial charge in [0, 0.05) is 24.5 Å². The maximum Gasteiger partial charge on any atom is 0.103 e. The van der Waals surface area contributed by atoms with Crippen LogP contribution < -0.4 is 5.32 Å². The van der Waals surface area contributed by atoms with Crippen molar-refractivity contribution in [2.24, 2.45) is 5.92 Å². The second-order valence-corrected chi connectivity index (χ2v) is 5.01. The number of nitrogens with zero attached hydrogens (tertiary/aromatic N) is 1. The van der Waals surface area contributed by atoms with Gasteiger partial charge in [-0.25, -0.2) is 4.98 Å². The Balaban J connectivity index is 2.03. The summed E-state index contributed by atoms with van der Waals surface area (Å²) in [5.41, 5.74) is 2.47. The summed E-state index contributed by atoms with van der Waals surface area (Å²) in [4.78, 5) is 7.46. The number of hydrogen-bond acceptors (Lipinski definition) is 2. The van der Waals surface area contributed by atoms with Gasteiger partial charge in [0.1, 0.15) is 5.82 Å². The minimum atomic E-state index is 0.370. The molecule has 1 atom stereocenters. The number of aryl methyl sites for hydroxylation is 1. The first-order chi connectivity index (χ1) is 8.66. The third kappa shape index (κ3) is 3.20. The van der Waals surface area contributed by atoms with Gasteiger partial charge in [-0.1, -0.05) is 44.2 Å². The van der Waals surface area contributed by atoms with Gasteiger partial charge in [-0.3, -0.25) is 0 Å². The van der Waals surface area contributed by atoms with Crippen molar-refractivity contribution >= 4 is 0 Å². The van der Waals surface area contributed by atoms with Crippen molar-refractivity contribution in [3.63, 3.8) is 0 Å². The molecular weight excluding hydrogens is 222 g/mol. The summed E-state index contributed by atoms with van der Waals surface area (Å²) in [7, 11) is 0. The lowest BCUT2D eigenvalue weighted by molar-refractivity contribution is 0.409. The quantitative estimate of drug-likeness (QED) is 0.846. The molecule has 3 heteroatoms. The molecule has 1 heterocycles. The van der Waals surface area contributed by atoms with E-state index in [9.17, 15) is 0 Å². The fourth-order valence-electron chi connectivity index (χ4n) is 2.18. The number of hydrogen-bond donors (Lipinski definition) is 2. The van der Waals surface area contributed by atoms with E-state index < -0.39 is 0 Å². The van der Waals surface area contributed by atoms with Crippen molar-refractivity contribution in [2.45, 2.75) is 33.4 Å². The van der Waals surface area contributed by atoms with E-state index in [0.29, 0.717) is 12.0 Å². The van der Waals surface area contributed by atoms with Gasteiger partial charge in [0.05, 0.1) is 0 Å². The SMILES string of the molecule is Cc1ncc(CNC(c2ccccc2)C(C)C)[nH]1. The molecule has 0 aliphatic carbocycles. The molecule has 1 aromatic heterocycles. The molecule has 1 aromatic carbocycles. The summed E-state index contributed by atoms with van der Waals surface area (Å²) in [6, 6.07) is 11.0. The first-order valence-corrected chi connectivity index (χ1v) is 6.45. The van der Waals surface area contributed by atoms with Crippen molar-refractivity contribution in [3.8, 4) is 0 Å². The molecule has 0 saturated heterocycles. The lowest BCUT2D eigenvalue weighted by atomic mass is 9.96. The van der Waals surface area contributed by atoms with Gasteiger partial charge in [-0.2, -0.15) is 0 Å². The standard InChI is InChI=1S/C15H21N3/c1-11(2)15(13-7-5-4-6-8-13)17-10-14-9-16-12(3)18-14/h4-9,11,15,17H,10H2,1-3H3,(H,16,18). The smallest absolute Gasteiger partial charge is 0.103 e. The molecule has 0 amide bonds. The van der Waals surface area contributed by atoms with Crippen LogP contribution >= 0.6 is 0 Å². The number of aromatic nitrogens is 2. The predicted octanol–water partition coefficient (Wildman–Crippen LogP) is 3.21. The van der Waals surface area contributed by atoms with Gasteiger partial charge in [0.2, 0.25) is 0 Å². The highest BCUT2D eigenvalue weighted by molar-refractivity contribution is 5.19. The van der Waals surface area contributed by atoms with E-state index in [1.54, 1.807) is 0 Å². The van der Waals surface area contributed by atoms with Gasteiger partial charge >= 0.3 is 0 Å². The average molecular weight is 243 g/mol. The maximum atomic E-state index is 4.22. The van der Waals surface area contributed by atoms with Gasteiger partial charge in [0.25, 0.3) is 0 Å². The first kappa shape index (κ1) is 12.8. The molecule has 0 aliphatic heterocycles. The van der Waals surface area contributed by atoms with Crippen LogP contribution in [0.2, 0.25) is 0 Å². The molecule has 0 fully saturated rings. The van der Waals surface area contributed by atoms with Crippen LogP contribution in [-0.2, 0) is 6.54 Å². The van der Waals surface area contributed by atoms with E-state index in [4.69, 9.17) is 0 Å². The van der Waals surface area contributed by atoms with E-state index in [2.05, 4.69) is 59.5 Å². The van der Waals surface area contributed by atoms with Crippen molar-refractivity contribution in [1.82, 2.24) is 15.3 Å². The zero-order valence-electron chi connectivity index (χ0n) is 11.3. The molecule has 2 N–H and O–H groups in total. The van der Waals surface area contributed by atoms with E-state index >= 15 is 0 Å². The highest BCUT2D eigenvalue weighted by atomic mass is 15.0. The van der Waals surface area contributed by atoms with E-state index in [1.165, 1.54) is 5.56 Å². The molecule has 3 nitrogen and oxygen atoms in total. The second-order valence-electron chi connectivity index (χ2n) is 5.01. The Hall–Kier alpha value is -1.61. The average Bonchev–Trinajstić information content (AvgIpc) is 2.76. The van der Waals surface area contributed by atoms with Crippen LogP contribution in [0.1, 0.15) is 37.0 Å². The van der Waals surface area contributed by atoms with Crippen molar-refractivity contribution in [2.75, 3.05) is 0 Å². The van der Waals surface area contributed by atoms with Crippen LogP contribution in [0.5, 0.6) is 0 Å². The zero-order chi connectivity index (χ0) is 13.0. The van der Waals surface area contributed by atoms with E-state index in [-0.39, 0.29) is 0 Å². The molecule has 96 valence electrons. The summed E-state index contributed by atoms with van der Waals surface area (Å²) < 4.78 is 0. The monoisotopic (exact) mass is 243 g/mol. The third-order valence-corrected chi connectivity index (χ3v) is 3.09. The molecule has 0 aliphatic rings. The molecule has 2 aromatic rings. The van der Waals surface area contributed by atoms with Crippen LogP contribution in [0.3, 0.4) is 0 Å². The Bertz CT molecular complexity index is 473. The Labute approximate surface area is 109 Å². The van der Waals surface area contributed by atoms with Crippen LogP contribution in [-0.4, -0.2) is 9.97 Å². The molecular formula is C15H21N3. The summed E-state index contributed by atoms with van der Waals surface area (Å²) in [5, 5.41) is 3.59. The first-order valence-electron chi connectivity index (χ1n) is 6.45. The predicted molar refractivity (Wildman–Crippen MR) is 74.2 cm³/mol. The summed E-state index contributed by atoms with van der Waals surface area (Å²) >= 11 is 0. The number of benzene rings is 1. The molecule has 0 spiro atoms. The van der Waals surface area contributed by atoms with Gasteiger partial charge in [-0.05, 0) is 18.4 Å². The zero-order valence-corrected chi connectivity index (χ0v) is 11.3. The molecule has 1 unspecified atom stereocenters. The molecule has 18 heavy (non-hydrogen) atoms. The highest BCUT2D eigenvalue weighted by Crippen LogP contribution is 2.21. The molecule has 0 saturated carbocycles. The topological polar surface area (TPSA) is 40.7 Å². The van der Waals surface area contributed by atoms with Crippen LogP contribution in [0.4, 0.5) is 0 Å². The lowest BCUT2D eigenvalue weighted by Crippen LogP contribution is -2.25. The summed E-state index contributed by atoms with van der Waals surface area (Å²) in [6.07, 6.45) is 1.89. The Kier molecular flexibility index (Phi) is 4.15. The van der Waals surface area contributed by atoms with Gasteiger partial charge < -0.3 is 10.3 Å². The normalized spacial score (nSPS) is 12.9. The number of H-pyrrole nitrogens is 1. The molecule has 0 radical (unpaired) electrons. The lowest BCUT2D eigenvalue weighted by Gasteiger charge is -2.22. The van der Waals surface area contributed by atoms with Crippen LogP contribution in [0, 0.1) is 12.8 Å². The molecule has 2 rings (SSSR count).